The van der Waals surface area contributed by atoms with Crippen LogP contribution in [0.3, 0.4) is 0 Å². The van der Waals surface area contributed by atoms with Crippen molar-refractivity contribution >= 4 is 28.6 Å². The molecule has 29 heavy (non-hydrogen) atoms. The van der Waals surface area contributed by atoms with Gasteiger partial charge in [-0.1, -0.05) is 42.0 Å². The van der Waals surface area contributed by atoms with Crippen molar-refractivity contribution in [3.8, 4) is 5.69 Å². The van der Waals surface area contributed by atoms with Gasteiger partial charge in [0, 0.05) is 11.5 Å². The van der Waals surface area contributed by atoms with Crippen LogP contribution in [0.4, 0.5) is 5.69 Å². The molecule has 2 aromatic heterocycles. The summed E-state index contributed by atoms with van der Waals surface area (Å²) in [6.45, 7) is 5.89. The van der Waals surface area contributed by atoms with Gasteiger partial charge in [0.2, 0.25) is 5.91 Å². The normalized spacial score (nSPS) is 11.3. The van der Waals surface area contributed by atoms with E-state index in [1.54, 1.807) is 6.08 Å². The summed E-state index contributed by atoms with van der Waals surface area (Å²) in [5.74, 6) is -0.213. The number of nitrogens with zero attached hydrogens (tertiary/aromatic N) is 3. The number of carbonyl (C=O) groups excluding carboxylic acids is 1. The van der Waals surface area contributed by atoms with Crippen LogP contribution in [-0.4, -0.2) is 20.7 Å². The quantitative estimate of drug-likeness (QED) is 0.506. The first-order valence-electron chi connectivity index (χ1n) is 9.49. The predicted molar refractivity (Wildman–Crippen MR) is 117 cm³/mol. The summed E-state index contributed by atoms with van der Waals surface area (Å²) < 4.78 is 1.85. The van der Waals surface area contributed by atoms with Crippen molar-refractivity contribution in [1.82, 2.24) is 14.8 Å². The number of carbonyl (C=O) groups is 1. The summed E-state index contributed by atoms with van der Waals surface area (Å²) in [7, 11) is 0. The minimum absolute atomic E-state index is 0.213. The van der Waals surface area contributed by atoms with Crippen molar-refractivity contribution < 1.29 is 4.79 Å². The molecule has 1 N–H and O–H groups in total. The maximum atomic E-state index is 12.5. The summed E-state index contributed by atoms with van der Waals surface area (Å²) in [5, 5.41) is 8.60. The summed E-state index contributed by atoms with van der Waals surface area (Å²) in [6.07, 6.45) is 3.22. The number of para-hydroxylation sites is 1. The van der Waals surface area contributed by atoms with Gasteiger partial charge >= 0.3 is 0 Å². The average Bonchev–Trinajstić information content (AvgIpc) is 3.01. The molecule has 0 aliphatic rings. The Bertz CT molecular complexity index is 1220. The highest BCUT2D eigenvalue weighted by Gasteiger charge is 2.14. The molecule has 5 nitrogen and oxygen atoms in total. The zero-order valence-electron chi connectivity index (χ0n) is 16.7. The minimum atomic E-state index is -0.213. The van der Waals surface area contributed by atoms with E-state index in [2.05, 4.69) is 15.4 Å². The Morgan fingerprint density at radius 3 is 2.52 bits per heavy atom. The molecule has 4 rings (SSSR count). The fraction of sp³-hybridized carbons (Fsp3) is 0.125. The average molecular weight is 382 g/mol. The molecule has 0 spiro atoms. The van der Waals surface area contributed by atoms with Crippen LogP contribution in [0.1, 0.15) is 22.6 Å². The molecule has 0 radical (unpaired) electrons. The minimum Gasteiger partial charge on any atom is -0.319 e. The molecule has 2 aromatic carbocycles. The van der Waals surface area contributed by atoms with Crippen molar-refractivity contribution in [1.29, 1.82) is 0 Å². The standard InChI is InChI=1S/C24H22N4O/c1-16-8-13-21(14-9-16)28-18(3)24(17(2)27-28)26-23(29)15-12-20-11-10-19-6-4-5-7-22(19)25-20/h4-15H,1-3H3,(H,26,29)/b15-12+. The lowest BCUT2D eigenvalue weighted by molar-refractivity contribution is -0.111. The molecule has 1 amide bonds. The van der Waals surface area contributed by atoms with Gasteiger partial charge in [-0.15, -0.1) is 0 Å². The van der Waals surface area contributed by atoms with Crippen molar-refractivity contribution in [2.45, 2.75) is 20.8 Å². The van der Waals surface area contributed by atoms with Gasteiger partial charge in [-0.05, 0) is 51.1 Å². The molecule has 0 bridgehead atoms. The Morgan fingerprint density at radius 1 is 0.966 bits per heavy atom. The maximum absolute atomic E-state index is 12.5. The second-order valence-corrected chi connectivity index (χ2v) is 7.04. The van der Waals surface area contributed by atoms with Crippen molar-refractivity contribution in [3.05, 3.63) is 89.4 Å². The molecule has 4 aromatic rings. The summed E-state index contributed by atoms with van der Waals surface area (Å²) in [6, 6.07) is 19.9. The van der Waals surface area contributed by atoms with Crippen LogP contribution in [0.15, 0.2) is 66.7 Å². The van der Waals surface area contributed by atoms with Crippen LogP contribution in [0.5, 0.6) is 0 Å². The third-order valence-corrected chi connectivity index (χ3v) is 4.84. The van der Waals surface area contributed by atoms with Gasteiger partial charge in [0.15, 0.2) is 0 Å². The van der Waals surface area contributed by atoms with Gasteiger partial charge < -0.3 is 5.32 Å². The molecule has 0 atom stereocenters. The van der Waals surface area contributed by atoms with Crippen molar-refractivity contribution in [2.24, 2.45) is 0 Å². The van der Waals surface area contributed by atoms with E-state index >= 15 is 0 Å². The van der Waals surface area contributed by atoms with Gasteiger partial charge in [0.1, 0.15) is 0 Å². The number of hydrogen-bond donors (Lipinski definition) is 1. The highest BCUT2D eigenvalue weighted by Crippen LogP contribution is 2.23. The lowest BCUT2D eigenvalue weighted by Crippen LogP contribution is -2.09. The largest absolute Gasteiger partial charge is 0.319 e. The Balaban J connectivity index is 1.53. The molecule has 0 fully saturated rings. The molecular formula is C24H22N4O. The fourth-order valence-electron chi connectivity index (χ4n) is 3.26. The van der Waals surface area contributed by atoms with Crippen LogP contribution < -0.4 is 5.32 Å². The Labute approximate surface area is 169 Å². The van der Waals surface area contributed by atoms with Gasteiger partial charge in [-0.2, -0.15) is 5.10 Å². The first-order chi connectivity index (χ1) is 14.0. The zero-order valence-corrected chi connectivity index (χ0v) is 16.7. The number of benzene rings is 2. The predicted octanol–water partition coefficient (Wildman–Crippen LogP) is 5.00. The Kier molecular flexibility index (Phi) is 4.96. The van der Waals surface area contributed by atoms with E-state index < -0.39 is 0 Å². The van der Waals surface area contributed by atoms with E-state index in [1.807, 2.05) is 86.1 Å². The number of fused-ring (bicyclic) bond motifs is 1. The van der Waals surface area contributed by atoms with E-state index in [0.717, 1.165) is 39.4 Å². The first-order valence-corrected chi connectivity index (χ1v) is 9.49. The van der Waals surface area contributed by atoms with E-state index in [-0.39, 0.29) is 5.91 Å². The number of anilines is 1. The van der Waals surface area contributed by atoms with Crippen LogP contribution >= 0.6 is 0 Å². The highest BCUT2D eigenvalue weighted by atomic mass is 16.1. The number of hydrogen-bond acceptors (Lipinski definition) is 3. The number of amides is 1. The molecule has 0 aliphatic heterocycles. The van der Waals surface area contributed by atoms with Crippen LogP contribution in [0.25, 0.3) is 22.7 Å². The Hall–Kier alpha value is -3.73. The number of aromatic nitrogens is 3. The van der Waals surface area contributed by atoms with E-state index in [0.29, 0.717) is 0 Å². The third-order valence-electron chi connectivity index (χ3n) is 4.84. The van der Waals surface area contributed by atoms with Crippen LogP contribution in [0.2, 0.25) is 0 Å². The van der Waals surface area contributed by atoms with Gasteiger partial charge in [0.05, 0.1) is 34.0 Å². The molecule has 0 aliphatic carbocycles. The second-order valence-electron chi connectivity index (χ2n) is 7.04. The molecule has 2 heterocycles. The zero-order chi connectivity index (χ0) is 20.4. The molecule has 0 saturated heterocycles. The van der Waals surface area contributed by atoms with Gasteiger partial charge in [-0.25, -0.2) is 9.67 Å². The monoisotopic (exact) mass is 382 g/mol. The number of rotatable bonds is 4. The fourth-order valence-corrected chi connectivity index (χ4v) is 3.26. The Morgan fingerprint density at radius 2 is 1.72 bits per heavy atom. The number of nitrogens with one attached hydrogen (secondary N) is 1. The van der Waals surface area contributed by atoms with E-state index in [1.165, 1.54) is 11.6 Å². The topological polar surface area (TPSA) is 59.8 Å². The first kappa shape index (κ1) is 18.6. The molecule has 144 valence electrons. The van der Waals surface area contributed by atoms with Gasteiger partial charge in [-0.3, -0.25) is 4.79 Å². The summed E-state index contributed by atoms with van der Waals surface area (Å²) in [4.78, 5) is 17.0. The van der Waals surface area contributed by atoms with Gasteiger partial charge in [0.25, 0.3) is 0 Å². The second kappa shape index (κ2) is 7.72. The van der Waals surface area contributed by atoms with Crippen LogP contribution in [-0.2, 0) is 4.79 Å². The smallest absolute Gasteiger partial charge is 0.248 e. The molecule has 5 heteroatoms. The lowest BCUT2D eigenvalue weighted by atomic mass is 10.2. The number of pyridine rings is 1. The molecule has 0 saturated carbocycles. The molecule has 0 unspecified atom stereocenters. The van der Waals surface area contributed by atoms with Crippen molar-refractivity contribution in [2.75, 3.05) is 5.32 Å². The lowest BCUT2D eigenvalue weighted by Gasteiger charge is -2.06. The SMILES string of the molecule is Cc1ccc(-n2nc(C)c(NC(=O)/C=C/c3ccc4ccccc4n3)c2C)cc1. The summed E-state index contributed by atoms with van der Waals surface area (Å²) in [5.41, 5.74) is 6.19. The van der Waals surface area contributed by atoms with E-state index in [4.69, 9.17) is 0 Å². The van der Waals surface area contributed by atoms with Crippen LogP contribution in [0, 0.1) is 20.8 Å². The number of aryl methyl sites for hydroxylation is 2. The summed E-state index contributed by atoms with van der Waals surface area (Å²) >= 11 is 0. The third kappa shape index (κ3) is 3.94. The highest BCUT2D eigenvalue weighted by molar-refractivity contribution is 6.02. The van der Waals surface area contributed by atoms with E-state index in [9.17, 15) is 4.79 Å². The maximum Gasteiger partial charge on any atom is 0.248 e. The molecular weight excluding hydrogens is 360 g/mol. The van der Waals surface area contributed by atoms with Crippen molar-refractivity contribution in [3.63, 3.8) is 0 Å².